The molecule has 0 atom stereocenters. The van der Waals surface area contributed by atoms with Crippen LogP contribution in [-0.4, -0.2) is 31.5 Å². The van der Waals surface area contributed by atoms with Gasteiger partial charge in [-0.2, -0.15) is 0 Å². The maximum absolute atomic E-state index is 9.76. The third-order valence-electron chi connectivity index (χ3n) is 4.01. The molecule has 1 N–H and O–H groups in total. The first kappa shape index (κ1) is 16.1. The fourth-order valence-corrected chi connectivity index (χ4v) is 2.58. The summed E-state index contributed by atoms with van der Waals surface area (Å²) in [6.45, 7) is 1.73. The monoisotopic (exact) mass is 314 g/mol. The maximum Gasteiger partial charge on any atom is 0.183 e. The fourth-order valence-electron chi connectivity index (χ4n) is 2.58. The first-order valence-corrected chi connectivity index (χ1v) is 7.82. The van der Waals surface area contributed by atoms with Crippen molar-refractivity contribution in [2.24, 2.45) is 5.41 Å². The van der Waals surface area contributed by atoms with Crippen LogP contribution < -0.4 is 0 Å². The molecular weight excluding hydrogens is 292 g/mol. The smallest absolute Gasteiger partial charge is 0.183 e. The van der Waals surface area contributed by atoms with Crippen molar-refractivity contribution in [3.63, 3.8) is 0 Å². The van der Waals surface area contributed by atoms with E-state index in [0.29, 0.717) is 26.4 Å². The number of rotatable bonds is 6. The Labute approximate surface area is 136 Å². The number of hydrogen-bond acceptors (Lipinski definition) is 4. The second kappa shape index (κ2) is 7.70. The van der Waals surface area contributed by atoms with Crippen LogP contribution in [0.5, 0.6) is 0 Å². The van der Waals surface area contributed by atoms with E-state index >= 15 is 0 Å². The van der Waals surface area contributed by atoms with E-state index in [-0.39, 0.29) is 12.9 Å². The van der Waals surface area contributed by atoms with E-state index in [2.05, 4.69) is 0 Å². The number of aliphatic hydroxyl groups excluding tert-OH is 1. The number of aliphatic hydroxyl groups is 1. The fraction of sp³-hybridized carbons (Fsp3) is 0.368. The predicted octanol–water partition coefficient (Wildman–Crippen LogP) is 2.93. The Hall–Kier alpha value is -1.72. The van der Waals surface area contributed by atoms with Crippen molar-refractivity contribution in [3.05, 3.63) is 71.8 Å². The zero-order valence-electron chi connectivity index (χ0n) is 13.1. The van der Waals surface area contributed by atoms with Crippen LogP contribution in [0.4, 0.5) is 0 Å². The summed E-state index contributed by atoms with van der Waals surface area (Å²) in [5.41, 5.74) is 1.60. The molecule has 0 unspecified atom stereocenters. The minimum absolute atomic E-state index is 0.0245. The second-order valence-electron chi connectivity index (χ2n) is 6.00. The van der Waals surface area contributed by atoms with Crippen LogP contribution in [0.3, 0.4) is 0 Å². The van der Waals surface area contributed by atoms with Crippen molar-refractivity contribution >= 4 is 0 Å². The molecule has 0 amide bonds. The van der Waals surface area contributed by atoms with Gasteiger partial charge in [-0.15, -0.1) is 0 Å². The SMILES string of the molecule is OCC1(COCc2ccccc2)COC(c2ccccc2)OC1. The summed E-state index contributed by atoms with van der Waals surface area (Å²) in [4.78, 5) is 0. The van der Waals surface area contributed by atoms with Crippen LogP contribution in [0, 0.1) is 5.41 Å². The minimum atomic E-state index is -0.500. The highest BCUT2D eigenvalue weighted by Crippen LogP contribution is 2.32. The van der Waals surface area contributed by atoms with E-state index in [1.807, 2.05) is 60.7 Å². The Morgan fingerprint density at radius 1 is 0.957 bits per heavy atom. The third-order valence-corrected chi connectivity index (χ3v) is 4.01. The van der Waals surface area contributed by atoms with Crippen LogP contribution in [0.2, 0.25) is 0 Å². The van der Waals surface area contributed by atoms with Gasteiger partial charge >= 0.3 is 0 Å². The first-order chi connectivity index (χ1) is 11.3. The van der Waals surface area contributed by atoms with Crippen LogP contribution in [0.1, 0.15) is 17.4 Å². The molecular formula is C19H22O4. The summed E-state index contributed by atoms with van der Waals surface area (Å²) in [6.07, 6.45) is -0.370. The molecule has 0 spiro atoms. The van der Waals surface area contributed by atoms with Gasteiger partial charge in [0.05, 0.1) is 38.4 Å². The van der Waals surface area contributed by atoms with Gasteiger partial charge in [0.2, 0.25) is 0 Å². The summed E-state index contributed by atoms with van der Waals surface area (Å²) >= 11 is 0. The molecule has 1 heterocycles. The minimum Gasteiger partial charge on any atom is -0.396 e. The van der Waals surface area contributed by atoms with Gasteiger partial charge in [-0.25, -0.2) is 0 Å². The van der Waals surface area contributed by atoms with Crippen LogP contribution in [-0.2, 0) is 20.8 Å². The highest BCUT2D eigenvalue weighted by atomic mass is 16.7. The topological polar surface area (TPSA) is 47.9 Å². The number of hydrogen-bond donors (Lipinski definition) is 1. The molecule has 1 saturated heterocycles. The molecule has 0 radical (unpaired) electrons. The van der Waals surface area contributed by atoms with Crippen molar-refractivity contribution < 1.29 is 19.3 Å². The predicted molar refractivity (Wildman–Crippen MR) is 86.7 cm³/mol. The second-order valence-corrected chi connectivity index (χ2v) is 6.00. The lowest BCUT2D eigenvalue weighted by Crippen LogP contribution is -2.45. The lowest BCUT2D eigenvalue weighted by atomic mass is 9.91. The van der Waals surface area contributed by atoms with E-state index in [1.54, 1.807) is 0 Å². The van der Waals surface area contributed by atoms with Gasteiger partial charge in [-0.1, -0.05) is 60.7 Å². The molecule has 23 heavy (non-hydrogen) atoms. The Morgan fingerprint density at radius 2 is 1.57 bits per heavy atom. The molecule has 0 bridgehead atoms. The van der Waals surface area contributed by atoms with E-state index in [4.69, 9.17) is 14.2 Å². The molecule has 4 heteroatoms. The van der Waals surface area contributed by atoms with Crippen molar-refractivity contribution in [1.29, 1.82) is 0 Å². The Balaban J connectivity index is 1.52. The van der Waals surface area contributed by atoms with Gasteiger partial charge in [0.25, 0.3) is 0 Å². The molecule has 3 rings (SSSR count). The molecule has 122 valence electrons. The lowest BCUT2D eigenvalue weighted by molar-refractivity contribution is -0.252. The van der Waals surface area contributed by atoms with E-state index in [9.17, 15) is 5.11 Å². The van der Waals surface area contributed by atoms with Crippen molar-refractivity contribution in [1.82, 2.24) is 0 Å². The third kappa shape index (κ3) is 4.18. The van der Waals surface area contributed by atoms with E-state index < -0.39 is 5.41 Å². The van der Waals surface area contributed by atoms with Gasteiger partial charge in [-0.05, 0) is 5.56 Å². The Morgan fingerprint density at radius 3 is 2.17 bits per heavy atom. The molecule has 2 aromatic carbocycles. The molecule has 0 aliphatic carbocycles. The van der Waals surface area contributed by atoms with Crippen LogP contribution in [0.15, 0.2) is 60.7 Å². The Bertz CT molecular complexity index is 571. The molecule has 1 aliphatic heterocycles. The summed E-state index contributed by atoms with van der Waals surface area (Å²) in [5.74, 6) is 0. The summed E-state index contributed by atoms with van der Waals surface area (Å²) in [5, 5.41) is 9.76. The molecule has 4 nitrogen and oxygen atoms in total. The normalized spacial score (nSPS) is 24.5. The summed E-state index contributed by atoms with van der Waals surface area (Å²) in [7, 11) is 0. The van der Waals surface area contributed by atoms with Gasteiger partial charge in [0.1, 0.15) is 0 Å². The van der Waals surface area contributed by atoms with Crippen LogP contribution in [0.25, 0.3) is 0 Å². The highest BCUT2D eigenvalue weighted by Gasteiger charge is 2.37. The molecule has 1 fully saturated rings. The van der Waals surface area contributed by atoms with Crippen molar-refractivity contribution in [3.8, 4) is 0 Å². The lowest BCUT2D eigenvalue weighted by Gasteiger charge is -2.38. The van der Waals surface area contributed by atoms with Crippen LogP contribution >= 0.6 is 0 Å². The molecule has 2 aromatic rings. The zero-order valence-corrected chi connectivity index (χ0v) is 13.1. The molecule has 1 aliphatic rings. The molecule has 0 saturated carbocycles. The average Bonchev–Trinajstić information content (AvgIpc) is 2.64. The maximum atomic E-state index is 9.76. The number of benzene rings is 2. The summed E-state index contributed by atoms with van der Waals surface area (Å²) in [6, 6.07) is 19.8. The average molecular weight is 314 g/mol. The quantitative estimate of drug-likeness (QED) is 0.890. The first-order valence-electron chi connectivity index (χ1n) is 7.82. The van der Waals surface area contributed by atoms with Gasteiger partial charge in [0, 0.05) is 5.56 Å². The van der Waals surface area contributed by atoms with Crippen molar-refractivity contribution in [2.75, 3.05) is 26.4 Å². The molecule has 0 aromatic heterocycles. The highest BCUT2D eigenvalue weighted by molar-refractivity contribution is 5.16. The number of ether oxygens (including phenoxy) is 3. The van der Waals surface area contributed by atoms with Gasteiger partial charge < -0.3 is 19.3 Å². The largest absolute Gasteiger partial charge is 0.396 e. The van der Waals surface area contributed by atoms with Gasteiger partial charge in [0.15, 0.2) is 6.29 Å². The van der Waals surface area contributed by atoms with E-state index in [1.165, 1.54) is 0 Å². The van der Waals surface area contributed by atoms with Gasteiger partial charge in [-0.3, -0.25) is 0 Å². The van der Waals surface area contributed by atoms with Crippen molar-refractivity contribution in [2.45, 2.75) is 12.9 Å². The summed E-state index contributed by atoms with van der Waals surface area (Å²) < 4.78 is 17.4. The Kier molecular flexibility index (Phi) is 5.41. The zero-order chi connectivity index (χ0) is 16.0. The van der Waals surface area contributed by atoms with E-state index in [0.717, 1.165) is 11.1 Å². The standard InChI is InChI=1S/C19H22O4/c20-12-19(13-21-11-16-7-3-1-4-8-16)14-22-18(23-15-19)17-9-5-2-6-10-17/h1-10,18,20H,11-15H2.